The zero-order valence-corrected chi connectivity index (χ0v) is 14.0. The van der Waals surface area contributed by atoms with E-state index in [1.165, 1.54) is 11.3 Å². The Bertz CT molecular complexity index is 560. The molecule has 116 valence electrons. The Morgan fingerprint density at radius 1 is 1.48 bits per heavy atom. The van der Waals surface area contributed by atoms with Crippen molar-refractivity contribution in [3.63, 3.8) is 0 Å². The Labute approximate surface area is 137 Å². The molecule has 2 rings (SSSR count). The fourth-order valence-electron chi connectivity index (χ4n) is 2.48. The summed E-state index contributed by atoms with van der Waals surface area (Å²) in [6.07, 6.45) is 2.31. The Morgan fingerprint density at radius 2 is 2.19 bits per heavy atom. The first-order chi connectivity index (χ1) is 9.82. The molecule has 7 heteroatoms. The number of carboxylic acid groups (broad SMARTS) is 1. The van der Waals surface area contributed by atoms with Gasteiger partial charge >= 0.3 is 5.97 Å². The molecule has 1 fully saturated rings. The number of halogens is 2. The summed E-state index contributed by atoms with van der Waals surface area (Å²) in [6.45, 7) is 2.51. The van der Waals surface area contributed by atoms with Crippen LogP contribution in [0.2, 0.25) is 8.67 Å². The average molecular weight is 350 g/mol. The van der Waals surface area contributed by atoms with Gasteiger partial charge in [0.15, 0.2) is 0 Å². The molecular weight excluding hydrogens is 333 g/mol. The van der Waals surface area contributed by atoms with Gasteiger partial charge in [-0.05, 0) is 37.8 Å². The van der Waals surface area contributed by atoms with E-state index >= 15 is 0 Å². The lowest BCUT2D eigenvalue weighted by Crippen LogP contribution is -2.34. The summed E-state index contributed by atoms with van der Waals surface area (Å²) >= 11 is 13.2. The molecule has 2 heterocycles. The summed E-state index contributed by atoms with van der Waals surface area (Å²) in [5.41, 5.74) is 0.163. The fraction of sp³-hybridized carbons (Fsp3) is 0.571. The molecule has 0 aliphatic carbocycles. The van der Waals surface area contributed by atoms with Crippen molar-refractivity contribution >= 4 is 46.4 Å². The van der Waals surface area contributed by atoms with E-state index in [4.69, 9.17) is 28.3 Å². The molecule has 0 aromatic carbocycles. The number of hydrogen-bond acceptors (Lipinski definition) is 3. The van der Waals surface area contributed by atoms with Gasteiger partial charge in [-0.3, -0.25) is 9.59 Å². The van der Waals surface area contributed by atoms with Crippen LogP contribution in [0.5, 0.6) is 0 Å². The van der Waals surface area contributed by atoms with Crippen LogP contribution in [0, 0.1) is 5.41 Å². The first-order valence-electron chi connectivity index (χ1n) is 6.77. The Balaban J connectivity index is 1.81. The molecule has 1 aliphatic heterocycles. The van der Waals surface area contributed by atoms with Crippen LogP contribution in [-0.4, -0.2) is 35.0 Å². The van der Waals surface area contributed by atoms with Gasteiger partial charge in [0.1, 0.15) is 0 Å². The number of hydrogen-bond donors (Lipinski definition) is 1. The van der Waals surface area contributed by atoms with Crippen LogP contribution in [0.15, 0.2) is 6.07 Å². The maximum absolute atomic E-state index is 12.1. The average Bonchev–Trinajstić information content (AvgIpc) is 2.94. The Kier molecular flexibility index (Phi) is 5.17. The van der Waals surface area contributed by atoms with Gasteiger partial charge in [0, 0.05) is 19.5 Å². The zero-order valence-electron chi connectivity index (χ0n) is 11.7. The third-order valence-corrected chi connectivity index (χ3v) is 5.48. The van der Waals surface area contributed by atoms with E-state index in [2.05, 4.69) is 0 Å². The van der Waals surface area contributed by atoms with Gasteiger partial charge in [0.05, 0.1) is 14.1 Å². The van der Waals surface area contributed by atoms with Crippen LogP contribution < -0.4 is 0 Å². The lowest BCUT2D eigenvalue weighted by Gasteiger charge is -2.20. The minimum Gasteiger partial charge on any atom is -0.481 e. The van der Waals surface area contributed by atoms with E-state index in [0.29, 0.717) is 47.4 Å². The molecule has 1 atom stereocenters. The van der Waals surface area contributed by atoms with Gasteiger partial charge in [0.25, 0.3) is 0 Å². The molecule has 1 aliphatic rings. The first-order valence-corrected chi connectivity index (χ1v) is 8.34. The number of aryl methyl sites for hydroxylation is 1. The second kappa shape index (κ2) is 6.55. The highest BCUT2D eigenvalue weighted by atomic mass is 35.5. The van der Waals surface area contributed by atoms with Crippen molar-refractivity contribution < 1.29 is 14.7 Å². The number of thiophene rings is 1. The van der Waals surface area contributed by atoms with Crippen LogP contribution in [0.1, 0.15) is 31.7 Å². The Morgan fingerprint density at radius 3 is 2.71 bits per heavy atom. The minimum atomic E-state index is -0.836. The smallest absolute Gasteiger partial charge is 0.311 e. The lowest BCUT2D eigenvalue weighted by atomic mass is 9.90. The summed E-state index contributed by atoms with van der Waals surface area (Å²) in [5.74, 6) is -0.824. The second-order valence-corrected chi connectivity index (χ2v) is 7.92. The first kappa shape index (κ1) is 16.6. The van der Waals surface area contributed by atoms with E-state index in [-0.39, 0.29) is 5.91 Å². The van der Waals surface area contributed by atoms with Crippen molar-refractivity contribution in [2.24, 2.45) is 5.41 Å². The van der Waals surface area contributed by atoms with Gasteiger partial charge in [-0.15, -0.1) is 11.3 Å². The third-order valence-electron chi connectivity index (χ3n) is 3.91. The molecule has 1 saturated heterocycles. The van der Waals surface area contributed by atoms with Crippen LogP contribution in [0.3, 0.4) is 0 Å². The van der Waals surface area contributed by atoms with E-state index in [0.717, 1.165) is 5.56 Å². The van der Waals surface area contributed by atoms with Gasteiger partial charge in [-0.1, -0.05) is 23.2 Å². The maximum atomic E-state index is 12.1. The number of amides is 1. The van der Waals surface area contributed by atoms with Gasteiger partial charge in [-0.2, -0.15) is 0 Å². The number of likely N-dealkylation sites (tertiary alicyclic amines) is 1. The molecule has 0 saturated carbocycles. The molecule has 1 N–H and O–H groups in total. The second-order valence-electron chi connectivity index (χ2n) is 5.63. The summed E-state index contributed by atoms with van der Waals surface area (Å²) < 4.78 is 1.32. The normalized spacial score (nSPS) is 21.8. The van der Waals surface area contributed by atoms with Gasteiger partial charge in [-0.25, -0.2) is 0 Å². The summed E-state index contributed by atoms with van der Waals surface area (Å²) in [5, 5.41) is 9.17. The standard InChI is InChI=1S/C14H17Cl2NO3S/c1-14(13(19)20)5-6-17(8-14)11(18)4-2-3-9-7-10(15)21-12(9)16/h7H,2-6,8H2,1H3,(H,19,20). The quantitative estimate of drug-likeness (QED) is 0.881. The highest BCUT2D eigenvalue weighted by Crippen LogP contribution is 2.33. The predicted octanol–water partition coefficient (Wildman–Crippen LogP) is 3.70. The minimum absolute atomic E-state index is 0.0115. The molecule has 21 heavy (non-hydrogen) atoms. The topological polar surface area (TPSA) is 57.6 Å². The molecule has 0 spiro atoms. The van der Waals surface area contributed by atoms with Crippen molar-refractivity contribution in [3.8, 4) is 0 Å². The number of carbonyl (C=O) groups is 2. The molecule has 4 nitrogen and oxygen atoms in total. The number of rotatable bonds is 5. The molecule has 0 radical (unpaired) electrons. The third kappa shape index (κ3) is 3.90. The van der Waals surface area contributed by atoms with E-state index < -0.39 is 11.4 Å². The maximum Gasteiger partial charge on any atom is 0.311 e. The number of carbonyl (C=O) groups excluding carboxylic acids is 1. The van der Waals surface area contributed by atoms with Crippen LogP contribution in [0.4, 0.5) is 0 Å². The molecule has 0 bridgehead atoms. The molecule has 1 unspecified atom stereocenters. The number of carboxylic acids is 1. The molecule has 1 aromatic rings. The van der Waals surface area contributed by atoms with Crippen molar-refractivity contribution in [1.82, 2.24) is 4.90 Å². The largest absolute Gasteiger partial charge is 0.481 e. The predicted molar refractivity (Wildman–Crippen MR) is 84.2 cm³/mol. The van der Waals surface area contributed by atoms with E-state index in [1.54, 1.807) is 11.8 Å². The number of aliphatic carboxylic acids is 1. The zero-order chi connectivity index (χ0) is 15.6. The Hall–Kier alpha value is -0.780. The van der Waals surface area contributed by atoms with E-state index in [9.17, 15) is 9.59 Å². The number of nitrogens with zero attached hydrogens (tertiary/aromatic N) is 1. The fourth-order valence-corrected chi connectivity index (χ4v) is 4.03. The SMILES string of the molecule is CC1(C(=O)O)CCN(C(=O)CCCc2cc(Cl)sc2Cl)C1. The monoisotopic (exact) mass is 349 g/mol. The highest BCUT2D eigenvalue weighted by molar-refractivity contribution is 7.20. The summed E-state index contributed by atoms with van der Waals surface area (Å²) in [6, 6.07) is 1.83. The van der Waals surface area contributed by atoms with Crippen molar-refractivity contribution in [2.75, 3.05) is 13.1 Å². The van der Waals surface area contributed by atoms with Crippen LogP contribution in [-0.2, 0) is 16.0 Å². The molecule has 1 amide bonds. The lowest BCUT2D eigenvalue weighted by molar-refractivity contribution is -0.147. The molecule has 1 aromatic heterocycles. The van der Waals surface area contributed by atoms with Crippen LogP contribution >= 0.6 is 34.5 Å². The van der Waals surface area contributed by atoms with Crippen molar-refractivity contribution in [3.05, 3.63) is 20.3 Å². The summed E-state index contributed by atoms with van der Waals surface area (Å²) in [4.78, 5) is 24.9. The van der Waals surface area contributed by atoms with Crippen molar-refractivity contribution in [1.29, 1.82) is 0 Å². The molecular formula is C14H17Cl2NO3S. The highest BCUT2D eigenvalue weighted by Gasteiger charge is 2.41. The van der Waals surface area contributed by atoms with Crippen LogP contribution in [0.25, 0.3) is 0 Å². The van der Waals surface area contributed by atoms with E-state index in [1.807, 2.05) is 6.07 Å². The van der Waals surface area contributed by atoms with Gasteiger partial charge < -0.3 is 10.0 Å². The van der Waals surface area contributed by atoms with Crippen molar-refractivity contribution in [2.45, 2.75) is 32.6 Å². The van der Waals surface area contributed by atoms with Gasteiger partial charge in [0.2, 0.25) is 5.91 Å². The summed E-state index contributed by atoms with van der Waals surface area (Å²) in [7, 11) is 0.